The summed E-state index contributed by atoms with van der Waals surface area (Å²) < 4.78 is 59.2. The van der Waals surface area contributed by atoms with Gasteiger partial charge in [0.15, 0.2) is 0 Å². The highest BCUT2D eigenvalue weighted by atomic mass is 16.6. The van der Waals surface area contributed by atoms with Crippen molar-refractivity contribution in [3.05, 3.63) is 71.8 Å². The molecule has 2 atom stereocenters. The van der Waals surface area contributed by atoms with Gasteiger partial charge in [-0.2, -0.15) is 0 Å². The number of ether oxygens (including phenoxy) is 11. The molecule has 0 aliphatic carbocycles. The number of nitrogens with one attached hydrogen (secondary N) is 4. The Labute approximate surface area is 382 Å². The van der Waals surface area contributed by atoms with Gasteiger partial charge in [-0.25, -0.2) is 9.59 Å². The molecule has 0 fully saturated rings. The molecule has 4 N–H and O–H groups in total. The molecular formula is C45H70N4O16. The number of carbonyl (C=O) groups is 5. The van der Waals surface area contributed by atoms with Gasteiger partial charge in [0.05, 0.1) is 99.1 Å². The lowest BCUT2D eigenvalue weighted by molar-refractivity contribution is -0.155. The van der Waals surface area contributed by atoms with E-state index >= 15 is 0 Å². The minimum absolute atomic E-state index is 0.000191. The number of alkyl carbamates (subject to hydrolysis) is 2. The van der Waals surface area contributed by atoms with E-state index in [0.717, 1.165) is 0 Å². The van der Waals surface area contributed by atoms with Gasteiger partial charge in [-0.15, -0.1) is 0 Å². The first-order valence-corrected chi connectivity index (χ1v) is 21.7. The maximum atomic E-state index is 13.7. The van der Waals surface area contributed by atoms with Crippen molar-refractivity contribution in [1.29, 1.82) is 0 Å². The van der Waals surface area contributed by atoms with Crippen LogP contribution in [0.4, 0.5) is 9.59 Å². The zero-order valence-corrected chi connectivity index (χ0v) is 38.3. The van der Waals surface area contributed by atoms with E-state index in [-0.39, 0.29) is 59.0 Å². The Kier molecular flexibility index (Phi) is 31.4. The third-order valence-electron chi connectivity index (χ3n) is 8.36. The normalized spacial score (nSPS) is 12.1. The highest BCUT2D eigenvalue weighted by molar-refractivity contribution is 5.96. The van der Waals surface area contributed by atoms with Crippen LogP contribution in [0.2, 0.25) is 0 Å². The number of carbonyl (C=O) groups excluding carboxylic acids is 5. The van der Waals surface area contributed by atoms with Crippen LogP contribution in [-0.2, 0) is 79.7 Å². The second-order valence-electron chi connectivity index (χ2n) is 14.9. The highest BCUT2D eigenvalue weighted by Crippen LogP contribution is 2.09. The van der Waals surface area contributed by atoms with Crippen LogP contribution in [0.5, 0.6) is 0 Å². The maximum Gasteiger partial charge on any atom is 0.408 e. The predicted molar refractivity (Wildman–Crippen MR) is 236 cm³/mol. The molecule has 2 rings (SSSR count). The van der Waals surface area contributed by atoms with E-state index in [0.29, 0.717) is 90.4 Å². The second kappa shape index (κ2) is 36.3. The van der Waals surface area contributed by atoms with E-state index < -0.39 is 47.7 Å². The van der Waals surface area contributed by atoms with Crippen LogP contribution in [0.25, 0.3) is 0 Å². The molecule has 0 aromatic heterocycles. The van der Waals surface area contributed by atoms with Gasteiger partial charge in [0.25, 0.3) is 0 Å². The lowest BCUT2D eigenvalue weighted by Gasteiger charge is -2.27. The molecule has 0 saturated carbocycles. The number of hydrogen-bond donors (Lipinski definition) is 4. The van der Waals surface area contributed by atoms with Gasteiger partial charge in [0, 0.05) is 26.6 Å². The van der Waals surface area contributed by atoms with Gasteiger partial charge >= 0.3 is 18.2 Å². The van der Waals surface area contributed by atoms with Gasteiger partial charge in [0.1, 0.15) is 30.9 Å². The fourth-order valence-electron chi connectivity index (χ4n) is 5.25. The largest absolute Gasteiger partial charge is 0.460 e. The Morgan fingerprint density at radius 3 is 1.22 bits per heavy atom. The summed E-state index contributed by atoms with van der Waals surface area (Å²) in [6, 6.07) is 14.3. The van der Waals surface area contributed by atoms with E-state index in [2.05, 4.69) is 21.3 Å². The first-order valence-electron chi connectivity index (χ1n) is 21.7. The van der Waals surface area contributed by atoms with Crippen LogP contribution in [-0.4, -0.2) is 167 Å². The van der Waals surface area contributed by atoms with Gasteiger partial charge in [-0.1, -0.05) is 60.7 Å². The number of benzene rings is 2. The number of hydrogen-bond acceptors (Lipinski definition) is 16. The first-order chi connectivity index (χ1) is 31.5. The Morgan fingerprint density at radius 1 is 0.492 bits per heavy atom. The molecule has 2 aromatic carbocycles. The van der Waals surface area contributed by atoms with E-state index in [1.54, 1.807) is 88.5 Å². The smallest absolute Gasteiger partial charge is 0.408 e. The molecule has 4 amide bonds. The molecule has 0 saturated heterocycles. The van der Waals surface area contributed by atoms with Crippen LogP contribution in [0.15, 0.2) is 60.7 Å². The van der Waals surface area contributed by atoms with Crippen molar-refractivity contribution in [2.24, 2.45) is 0 Å². The number of rotatable bonds is 37. The molecule has 366 valence electrons. The molecule has 0 spiro atoms. The van der Waals surface area contributed by atoms with Crippen LogP contribution in [0.1, 0.15) is 44.7 Å². The van der Waals surface area contributed by atoms with Crippen molar-refractivity contribution in [2.45, 2.75) is 64.5 Å². The summed E-state index contributed by atoms with van der Waals surface area (Å²) in [5, 5.41) is 10.1. The lowest BCUT2D eigenvalue weighted by atomic mass is 10.1. The molecule has 20 heteroatoms. The summed E-state index contributed by atoms with van der Waals surface area (Å²) in [5.41, 5.74) is 0.672. The van der Waals surface area contributed by atoms with Gasteiger partial charge in [-0.3, -0.25) is 14.4 Å². The third kappa shape index (κ3) is 30.8. The summed E-state index contributed by atoms with van der Waals surface area (Å²) in [6.45, 7) is 10.9. The summed E-state index contributed by atoms with van der Waals surface area (Å²) in [5.74, 6) is -2.12. The average Bonchev–Trinajstić information content (AvgIpc) is 3.29. The fourth-order valence-corrected chi connectivity index (χ4v) is 5.25. The maximum absolute atomic E-state index is 13.7. The number of esters is 1. The number of methoxy groups -OCH3 is 1. The quantitative estimate of drug-likeness (QED) is 0.0433. The zero-order valence-electron chi connectivity index (χ0n) is 38.3. The summed E-state index contributed by atoms with van der Waals surface area (Å²) in [6.07, 6.45) is -1.86. The fraction of sp³-hybridized carbons (Fsp3) is 0.622. The third-order valence-corrected chi connectivity index (χ3v) is 8.36. The SMILES string of the molecule is COCCOCCOCCOCCOCCOCCOCCOCCNC(=O)[C@@H](NC(=O)OCc1ccccc1)[C@H](NC(=O)OCc1ccccc1)C(=O)NCCCC(=O)OC(C)(C)C. The minimum Gasteiger partial charge on any atom is -0.460 e. The molecule has 20 nitrogen and oxygen atoms in total. The van der Waals surface area contributed by atoms with Crippen molar-refractivity contribution in [1.82, 2.24) is 21.3 Å². The van der Waals surface area contributed by atoms with Crippen LogP contribution in [0, 0.1) is 0 Å². The lowest BCUT2D eigenvalue weighted by Crippen LogP contribution is -2.64. The molecule has 0 radical (unpaired) electrons. The Morgan fingerprint density at radius 2 is 0.846 bits per heavy atom. The second-order valence-corrected chi connectivity index (χ2v) is 14.9. The standard InChI is InChI=1S/C45H70N4O16/c1-45(2,3)65-38(50)16-11-17-46-41(51)39(48-43(53)63-34-36-12-7-5-8-13-36)40(49-44(54)64-35-37-14-9-6-10-15-37)42(52)47-18-19-56-22-23-58-26-27-60-30-31-62-33-32-61-29-28-59-25-24-57-21-20-55-4/h5-10,12-15,39-40H,11,16-35H2,1-4H3,(H,46,51)(H,47,52)(H,48,53)(H,49,54)/t39-,40-/m0/s1. The van der Waals surface area contributed by atoms with Gasteiger partial charge in [0.2, 0.25) is 11.8 Å². The average molecular weight is 923 g/mol. The Bertz CT molecular complexity index is 1570. The molecular weight excluding hydrogens is 853 g/mol. The van der Waals surface area contributed by atoms with E-state index in [1.165, 1.54) is 0 Å². The van der Waals surface area contributed by atoms with Gasteiger partial charge in [-0.05, 0) is 38.3 Å². The molecule has 0 heterocycles. The highest BCUT2D eigenvalue weighted by Gasteiger charge is 2.37. The molecule has 0 bridgehead atoms. The molecule has 0 aliphatic heterocycles. The van der Waals surface area contributed by atoms with Crippen LogP contribution >= 0.6 is 0 Å². The van der Waals surface area contributed by atoms with Crippen molar-refractivity contribution < 1.29 is 76.1 Å². The predicted octanol–water partition coefficient (Wildman–Crippen LogP) is 2.69. The van der Waals surface area contributed by atoms with Crippen molar-refractivity contribution in [3.8, 4) is 0 Å². The van der Waals surface area contributed by atoms with E-state index in [4.69, 9.17) is 52.1 Å². The zero-order chi connectivity index (χ0) is 47.2. The molecule has 0 aliphatic rings. The number of amides is 4. The van der Waals surface area contributed by atoms with Crippen LogP contribution in [0.3, 0.4) is 0 Å². The van der Waals surface area contributed by atoms with Crippen molar-refractivity contribution in [3.63, 3.8) is 0 Å². The summed E-state index contributed by atoms with van der Waals surface area (Å²) in [4.78, 5) is 65.8. The Balaban J connectivity index is 1.81. The molecule has 0 unspecified atom stereocenters. The van der Waals surface area contributed by atoms with Crippen LogP contribution < -0.4 is 21.3 Å². The first kappa shape index (κ1) is 56.2. The minimum atomic E-state index is -1.68. The summed E-state index contributed by atoms with van der Waals surface area (Å²) >= 11 is 0. The molecule has 2 aromatic rings. The van der Waals surface area contributed by atoms with E-state index in [9.17, 15) is 24.0 Å². The van der Waals surface area contributed by atoms with E-state index in [1.807, 2.05) is 0 Å². The summed E-state index contributed by atoms with van der Waals surface area (Å²) in [7, 11) is 1.62. The van der Waals surface area contributed by atoms with Gasteiger partial charge < -0.3 is 73.4 Å². The molecule has 65 heavy (non-hydrogen) atoms. The monoisotopic (exact) mass is 922 g/mol. The topological polar surface area (TPSA) is 235 Å². The van der Waals surface area contributed by atoms with Crippen molar-refractivity contribution >= 4 is 30.0 Å². The van der Waals surface area contributed by atoms with Crippen molar-refractivity contribution in [2.75, 3.05) is 119 Å². The Hall–Kier alpha value is -4.93.